The van der Waals surface area contributed by atoms with Gasteiger partial charge in [-0.2, -0.15) is 0 Å². The molecule has 6 atom stereocenters. The Hall–Kier alpha value is -6.80. The van der Waals surface area contributed by atoms with Crippen molar-refractivity contribution < 1.29 is 42.5 Å². The number of nitrogens with one attached hydrogen (secondary N) is 4. The van der Waals surface area contributed by atoms with Crippen LogP contribution in [0, 0.1) is 17.7 Å². The highest BCUT2D eigenvalue weighted by Gasteiger charge is 2.44. The third kappa shape index (κ3) is 9.61. The number of hydrogen-bond donors (Lipinski definition) is 4. The first-order valence-electron chi connectivity index (χ1n) is 25.5. The number of imidazole rings is 2. The molecule has 10 rings (SSSR count). The van der Waals surface area contributed by atoms with Crippen molar-refractivity contribution in [3.05, 3.63) is 82.3 Å². The van der Waals surface area contributed by atoms with Crippen molar-refractivity contribution in [1.29, 1.82) is 0 Å². The molecule has 3 saturated heterocycles. The summed E-state index contributed by atoms with van der Waals surface area (Å²) in [5, 5.41) is 7.33. The molecule has 4 aromatic heterocycles. The minimum absolute atomic E-state index is 0.135. The van der Waals surface area contributed by atoms with Gasteiger partial charge >= 0.3 is 12.2 Å². The van der Waals surface area contributed by atoms with Crippen LogP contribution in [0.1, 0.15) is 127 Å². The number of aromatic amines is 2. The van der Waals surface area contributed by atoms with Crippen LogP contribution in [0.15, 0.2) is 55.0 Å². The van der Waals surface area contributed by atoms with E-state index in [4.69, 9.17) is 33.9 Å². The maximum Gasteiger partial charge on any atom is 0.407 e. The summed E-state index contributed by atoms with van der Waals surface area (Å²) in [7, 11) is 2.56. The van der Waals surface area contributed by atoms with E-state index in [0.717, 1.165) is 44.9 Å². The fraction of sp³-hybridized carbons (Fsp3) is 0.500. The third-order valence-electron chi connectivity index (χ3n) is 14.9. The summed E-state index contributed by atoms with van der Waals surface area (Å²) < 4.78 is 41.7. The van der Waals surface area contributed by atoms with Gasteiger partial charge in [0.1, 0.15) is 35.3 Å². The van der Waals surface area contributed by atoms with E-state index in [0.29, 0.717) is 85.3 Å². The number of ether oxygens (including phenoxy) is 4. The summed E-state index contributed by atoms with van der Waals surface area (Å²) in [6, 6.07) is 9.09. The van der Waals surface area contributed by atoms with Gasteiger partial charge in [-0.1, -0.05) is 40.7 Å². The number of aromatic nitrogens is 6. The molecule has 8 heterocycles. The number of carbonyl (C=O) groups is 4. The van der Waals surface area contributed by atoms with Crippen LogP contribution in [0.3, 0.4) is 0 Å². The number of alkyl carbamates (subject to hydrolysis) is 2. The van der Waals surface area contributed by atoms with E-state index in [1.807, 2.05) is 73.7 Å². The molecule has 392 valence electrons. The van der Waals surface area contributed by atoms with Crippen LogP contribution >= 0.6 is 11.3 Å². The van der Waals surface area contributed by atoms with Crippen LogP contribution in [-0.4, -0.2) is 115 Å². The average Bonchev–Trinajstić information content (AvgIpc) is 4.23. The summed E-state index contributed by atoms with van der Waals surface area (Å²) in [4.78, 5) is 78.8. The number of likely N-dealkylation sites (tertiary alicyclic amines) is 2. The summed E-state index contributed by atoms with van der Waals surface area (Å²) in [6.07, 6.45) is 7.40. The molecular formula is C54H65FN10O8S. The molecule has 4 N–H and O–H groups in total. The first kappa shape index (κ1) is 50.7. The minimum atomic E-state index is -0.781. The van der Waals surface area contributed by atoms with E-state index in [1.54, 1.807) is 28.6 Å². The standard InChI is InChI=1S/C54H65FN10O8S/c1-28(2)43(61-51(68)70-8)47(66)63-17-10-12-37(63)46-57-26-35(60-46)31-21-33(55)42-39-22-32-20-29(14-15-36(32)65(39)49(73-40(42)23-31)41-27-58-50(74-41)53(3,4)5)34-25-56-45(59-34)38-13-11-18-64(38)48(67)44(62-52(69)71-9)30-16-19-72-54(6,7)24-30/h14-15,20-23,25-28,30,37-38,43-44,49H,10-13,16-19,24H2,1-9H3,(H,56,59)(H,57,60)(H,61,68)(H,62,69)/t30?,37-,38-,43-,44?,49?/m0/s1. The molecule has 2 aromatic carbocycles. The van der Waals surface area contributed by atoms with E-state index in [1.165, 1.54) is 20.3 Å². The molecule has 4 aliphatic rings. The maximum absolute atomic E-state index is 17.0. The second-order valence-corrected chi connectivity index (χ2v) is 22.9. The van der Waals surface area contributed by atoms with Gasteiger partial charge < -0.3 is 49.3 Å². The number of fused-ring (bicyclic) bond motifs is 5. The van der Waals surface area contributed by atoms with E-state index in [-0.39, 0.29) is 41.1 Å². The maximum atomic E-state index is 17.0. The molecule has 0 spiro atoms. The van der Waals surface area contributed by atoms with Gasteiger partial charge in [-0.25, -0.2) is 28.9 Å². The molecule has 6 aromatic rings. The molecular weight excluding hydrogens is 968 g/mol. The average molecular weight is 1030 g/mol. The van der Waals surface area contributed by atoms with Gasteiger partial charge in [0.05, 0.1) is 82.3 Å². The molecule has 4 aliphatic heterocycles. The first-order chi connectivity index (χ1) is 35.3. The Morgan fingerprint density at radius 1 is 0.838 bits per heavy atom. The fourth-order valence-electron chi connectivity index (χ4n) is 11.2. The number of benzene rings is 2. The molecule has 0 radical (unpaired) electrons. The van der Waals surface area contributed by atoms with Gasteiger partial charge in [0.2, 0.25) is 18.0 Å². The van der Waals surface area contributed by atoms with Crippen molar-refractivity contribution in [3.63, 3.8) is 0 Å². The van der Waals surface area contributed by atoms with Gasteiger partial charge in [0.15, 0.2) is 0 Å². The van der Waals surface area contributed by atoms with Crippen LogP contribution in [0.2, 0.25) is 0 Å². The lowest BCUT2D eigenvalue weighted by Crippen LogP contribution is -2.54. The summed E-state index contributed by atoms with van der Waals surface area (Å²) >= 11 is 1.56. The zero-order chi connectivity index (χ0) is 52.4. The van der Waals surface area contributed by atoms with Crippen molar-refractivity contribution in [2.24, 2.45) is 11.8 Å². The Bertz CT molecular complexity index is 3120. The normalized spacial score (nSPS) is 21.2. The number of H-pyrrole nitrogens is 2. The smallest absolute Gasteiger partial charge is 0.407 e. The second-order valence-electron chi connectivity index (χ2n) is 21.9. The number of amides is 4. The number of halogens is 1. The Morgan fingerprint density at radius 3 is 2.11 bits per heavy atom. The molecule has 74 heavy (non-hydrogen) atoms. The van der Waals surface area contributed by atoms with E-state index in [9.17, 15) is 19.2 Å². The fourth-order valence-corrected chi connectivity index (χ4v) is 12.2. The lowest BCUT2D eigenvalue weighted by molar-refractivity contribution is -0.139. The number of methoxy groups -OCH3 is 2. The Labute approximate surface area is 433 Å². The number of nitrogens with zero attached hydrogens (tertiary/aromatic N) is 6. The number of thiazole rings is 1. The number of carbonyl (C=O) groups excluding carboxylic acids is 4. The molecule has 20 heteroatoms. The van der Waals surface area contributed by atoms with Crippen molar-refractivity contribution >= 4 is 46.2 Å². The molecule has 0 bridgehead atoms. The van der Waals surface area contributed by atoms with Gasteiger partial charge in [-0.15, -0.1) is 11.3 Å². The molecule has 4 amide bonds. The minimum Gasteiger partial charge on any atom is -0.464 e. The molecule has 18 nitrogen and oxygen atoms in total. The van der Waals surface area contributed by atoms with Gasteiger partial charge in [-0.3, -0.25) is 14.2 Å². The third-order valence-corrected chi connectivity index (χ3v) is 16.3. The quantitative estimate of drug-likeness (QED) is 0.0960. The zero-order valence-electron chi connectivity index (χ0n) is 43.3. The van der Waals surface area contributed by atoms with Crippen molar-refractivity contribution in [3.8, 4) is 39.5 Å². The van der Waals surface area contributed by atoms with E-state index in [2.05, 4.69) is 41.4 Å². The molecule has 3 fully saturated rings. The Morgan fingerprint density at radius 2 is 1.49 bits per heavy atom. The monoisotopic (exact) mass is 1030 g/mol. The highest BCUT2D eigenvalue weighted by Crippen LogP contribution is 2.49. The topological polar surface area (TPSA) is 211 Å². The Kier molecular flexibility index (Phi) is 13.6. The molecule has 0 aliphatic carbocycles. The SMILES string of the molecule is COC(=O)NC(C(=O)N1CCC[C@H]1c1ncc(-c2ccc3c(c2)cc2n3C(c3cnc(C(C)(C)C)s3)Oc3cc(-c4cnc([C@@H]5CCCN5C(=O)[C@@H](NC(=O)OC)C(C)C)[nH]4)cc(F)c3-2)[nH]1)C1CCOC(C)(C)C1. The zero-order valence-corrected chi connectivity index (χ0v) is 44.2. The number of rotatable bonds is 11. The summed E-state index contributed by atoms with van der Waals surface area (Å²) in [5.41, 5.74) is 3.81. The highest BCUT2D eigenvalue weighted by molar-refractivity contribution is 7.11. The second kappa shape index (κ2) is 19.8. The predicted molar refractivity (Wildman–Crippen MR) is 276 cm³/mol. The number of hydrogen-bond acceptors (Lipinski definition) is 12. The van der Waals surface area contributed by atoms with E-state index < -0.39 is 41.9 Å². The van der Waals surface area contributed by atoms with Crippen LogP contribution in [0.4, 0.5) is 14.0 Å². The van der Waals surface area contributed by atoms with Crippen LogP contribution in [-0.2, 0) is 29.2 Å². The van der Waals surface area contributed by atoms with E-state index >= 15 is 4.39 Å². The van der Waals surface area contributed by atoms with Crippen LogP contribution in [0.25, 0.3) is 44.7 Å². The lowest BCUT2D eigenvalue weighted by Gasteiger charge is -2.40. The summed E-state index contributed by atoms with van der Waals surface area (Å²) in [6.45, 7) is 15.6. The van der Waals surface area contributed by atoms with Gasteiger partial charge in [0.25, 0.3) is 0 Å². The molecule has 0 saturated carbocycles. The highest BCUT2D eigenvalue weighted by atomic mass is 32.1. The van der Waals surface area contributed by atoms with Crippen molar-refractivity contribution in [1.82, 2.24) is 49.9 Å². The first-order valence-corrected chi connectivity index (χ1v) is 26.3. The molecule has 3 unspecified atom stereocenters. The van der Waals surface area contributed by atoms with Gasteiger partial charge in [-0.05, 0) is 94.5 Å². The predicted octanol–water partition coefficient (Wildman–Crippen LogP) is 9.56. The largest absolute Gasteiger partial charge is 0.464 e. The lowest BCUT2D eigenvalue weighted by atomic mass is 9.82. The van der Waals surface area contributed by atoms with Crippen molar-refractivity contribution in [2.75, 3.05) is 33.9 Å². The van der Waals surface area contributed by atoms with Crippen LogP contribution in [0.5, 0.6) is 5.75 Å². The summed E-state index contributed by atoms with van der Waals surface area (Å²) in [5.74, 6) is 0.371. The van der Waals surface area contributed by atoms with Crippen LogP contribution < -0.4 is 15.4 Å². The van der Waals surface area contributed by atoms with Gasteiger partial charge in [0, 0.05) is 47.8 Å². The Balaban J connectivity index is 0.960. The van der Waals surface area contributed by atoms with Crippen molar-refractivity contribution in [2.45, 2.75) is 128 Å².